The van der Waals surface area contributed by atoms with Crippen molar-refractivity contribution in [1.29, 1.82) is 0 Å². The molecule has 0 saturated carbocycles. The predicted molar refractivity (Wildman–Crippen MR) is 69.2 cm³/mol. The fraction of sp³-hybridized carbons (Fsp3) is 0. The molecule has 1 heterocycles. The largest absolute Gasteiger partial charge is 0.399 e. The van der Waals surface area contributed by atoms with Gasteiger partial charge in [0.1, 0.15) is 0 Å². The Morgan fingerprint density at radius 1 is 1.28 bits per heavy atom. The highest BCUT2D eigenvalue weighted by molar-refractivity contribution is 7.92. The normalized spacial score (nSPS) is 11.1. The van der Waals surface area contributed by atoms with E-state index in [1.54, 1.807) is 0 Å². The Morgan fingerprint density at radius 2 is 1.94 bits per heavy atom. The SMILES string of the molecule is Nc1ccc(S(=O)(=O)Nc2csc(C=O)n2)cc1. The van der Waals surface area contributed by atoms with E-state index in [4.69, 9.17) is 5.73 Å². The van der Waals surface area contributed by atoms with Gasteiger partial charge in [0, 0.05) is 11.1 Å². The van der Waals surface area contributed by atoms with E-state index in [1.807, 2.05) is 0 Å². The summed E-state index contributed by atoms with van der Waals surface area (Å²) in [6, 6.07) is 5.77. The molecule has 0 fully saturated rings. The third-order valence-electron chi connectivity index (χ3n) is 2.05. The minimum absolute atomic E-state index is 0.0809. The van der Waals surface area contributed by atoms with Crippen LogP contribution in [0.3, 0.4) is 0 Å². The summed E-state index contributed by atoms with van der Waals surface area (Å²) in [5, 5.41) is 1.67. The van der Waals surface area contributed by atoms with E-state index in [1.165, 1.54) is 29.6 Å². The second-order valence-corrected chi connectivity index (χ2v) is 5.94. The first-order valence-corrected chi connectivity index (χ1v) is 7.16. The maximum absolute atomic E-state index is 11.9. The zero-order valence-corrected chi connectivity index (χ0v) is 10.7. The molecule has 0 aliphatic heterocycles. The van der Waals surface area contributed by atoms with Crippen LogP contribution in [0.2, 0.25) is 0 Å². The summed E-state index contributed by atoms with van der Waals surface area (Å²) >= 11 is 1.06. The van der Waals surface area contributed by atoms with Gasteiger partial charge in [-0.25, -0.2) is 13.4 Å². The summed E-state index contributed by atoms with van der Waals surface area (Å²) in [5.41, 5.74) is 5.96. The van der Waals surface area contributed by atoms with Gasteiger partial charge in [-0.2, -0.15) is 0 Å². The van der Waals surface area contributed by atoms with Crippen molar-refractivity contribution in [3.63, 3.8) is 0 Å². The molecule has 0 radical (unpaired) electrons. The Kier molecular flexibility index (Phi) is 3.30. The van der Waals surface area contributed by atoms with Gasteiger partial charge in [0.15, 0.2) is 17.1 Å². The van der Waals surface area contributed by atoms with Gasteiger partial charge < -0.3 is 5.73 Å². The lowest BCUT2D eigenvalue weighted by Crippen LogP contribution is -2.13. The van der Waals surface area contributed by atoms with Crippen LogP contribution in [0.15, 0.2) is 34.5 Å². The number of hydrogen-bond donors (Lipinski definition) is 2. The molecule has 18 heavy (non-hydrogen) atoms. The van der Waals surface area contributed by atoms with Crippen molar-refractivity contribution in [3.8, 4) is 0 Å². The second kappa shape index (κ2) is 4.75. The molecule has 1 aromatic heterocycles. The molecule has 94 valence electrons. The number of benzene rings is 1. The molecule has 1 aromatic carbocycles. The fourth-order valence-corrected chi connectivity index (χ4v) is 2.85. The van der Waals surface area contributed by atoms with Crippen LogP contribution in [-0.4, -0.2) is 19.7 Å². The quantitative estimate of drug-likeness (QED) is 0.651. The van der Waals surface area contributed by atoms with E-state index >= 15 is 0 Å². The van der Waals surface area contributed by atoms with Crippen LogP contribution in [0.4, 0.5) is 11.5 Å². The number of nitrogens with one attached hydrogen (secondary N) is 1. The molecule has 0 aliphatic rings. The van der Waals surface area contributed by atoms with Crippen molar-refractivity contribution in [1.82, 2.24) is 4.98 Å². The molecule has 0 atom stereocenters. The smallest absolute Gasteiger partial charge is 0.263 e. The molecule has 0 bridgehead atoms. The lowest BCUT2D eigenvalue weighted by atomic mass is 10.3. The minimum Gasteiger partial charge on any atom is -0.399 e. The monoisotopic (exact) mass is 283 g/mol. The van der Waals surface area contributed by atoms with Gasteiger partial charge in [-0.3, -0.25) is 9.52 Å². The number of nitrogen functional groups attached to an aromatic ring is 1. The van der Waals surface area contributed by atoms with Crippen LogP contribution in [0.1, 0.15) is 9.80 Å². The second-order valence-electron chi connectivity index (χ2n) is 3.36. The van der Waals surface area contributed by atoms with Crippen LogP contribution in [0.25, 0.3) is 0 Å². The standard InChI is InChI=1S/C10H9N3O3S2/c11-7-1-3-8(4-2-7)18(15,16)13-9-6-17-10(5-14)12-9/h1-6,13H,11H2. The molecule has 0 aliphatic carbocycles. The molecule has 6 nitrogen and oxygen atoms in total. The minimum atomic E-state index is -3.70. The van der Waals surface area contributed by atoms with Crippen LogP contribution in [0, 0.1) is 0 Å². The van der Waals surface area contributed by atoms with Crippen LogP contribution in [0.5, 0.6) is 0 Å². The number of sulfonamides is 1. The number of carbonyl (C=O) groups excluding carboxylic acids is 1. The molecule has 0 saturated heterocycles. The number of anilines is 2. The molecular formula is C10H9N3O3S2. The summed E-state index contributed by atoms with van der Waals surface area (Å²) in [6.07, 6.45) is 0.561. The first kappa shape index (κ1) is 12.5. The third-order valence-corrected chi connectivity index (χ3v) is 4.19. The summed E-state index contributed by atoms with van der Waals surface area (Å²) < 4.78 is 26.2. The van der Waals surface area contributed by atoms with Gasteiger partial charge in [-0.1, -0.05) is 0 Å². The molecule has 0 amide bonds. The van der Waals surface area contributed by atoms with E-state index in [9.17, 15) is 13.2 Å². The van der Waals surface area contributed by atoms with E-state index in [-0.39, 0.29) is 15.7 Å². The summed E-state index contributed by atoms with van der Waals surface area (Å²) in [6.45, 7) is 0. The number of rotatable bonds is 4. The lowest BCUT2D eigenvalue weighted by molar-refractivity contribution is 0.112. The average Bonchev–Trinajstić information content (AvgIpc) is 2.76. The highest BCUT2D eigenvalue weighted by atomic mass is 32.2. The number of aldehydes is 1. The molecular weight excluding hydrogens is 274 g/mol. The van der Waals surface area contributed by atoms with Crippen molar-refractivity contribution in [2.45, 2.75) is 4.90 Å². The lowest BCUT2D eigenvalue weighted by Gasteiger charge is -2.05. The molecule has 0 unspecified atom stereocenters. The Bertz CT molecular complexity index is 662. The Balaban J connectivity index is 2.26. The first-order chi connectivity index (χ1) is 8.51. The van der Waals surface area contributed by atoms with Crippen molar-refractivity contribution < 1.29 is 13.2 Å². The maximum atomic E-state index is 11.9. The number of carbonyl (C=O) groups is 1. The highest BCUT2D eigenvalue weighted by Crippen LogP contribution is 2.18. The van der Waals surface area contributed by atoms with E-state index < -0.39 is 10.0 Å². The van der Waals surface area contributed by atoms with Gasteiger partial charge in [-0.05, 0) is 24.3 Å². The predicted octanol–water partition coefficient (Wildman–Crippen LogP) is 1.34. The van der Waals surface area contributed by atoms with Crippen molar-refractivity contribution >= 4 is 39.2 Å². The Morgan fingerprint density at radius 3 is 2.50 bits per heavy atom. The van der Waals surface area contributed by atoms with Gasteiger partial charge in [-0.15, -0.1) is 11.3 Å². The van der Waals surface area contributed by atoms with E-state index in [0.717, 1.165) is 11.3 Å². The van der Waals surface area contributed by atoms with Crippen LogP contribution >= 0.6 is 11.3 Å². The first-order valence-electron chi connectivity index (χ1n) is 4.80. The van der Waals surface area contributed by atoms with Gasteiger partial charge in [0.2, 0.25) is 0 Å². The average molecular weight is 283 g/mol. The third kappa shape index (κ3) is 2.66. The number of nitrogens with zero attached hydrogens (tertiary/aromatic N) is 1. The molecule has 3 N–H and O–H groups in total. The van der Waals surface area contributed by atoms with E-state index in [2.05, 4.69) is 9.71 Å². The summed E-state index contributed by atoms with van der Waals surface area (Å²) in [4.78, 5) is 14.3. The number of hydrogen-bond acceptors (Lipinski definition) is 6. The van der Waals surface area contributed by atoms with Crippen molar-refractivity contribution in [3.05, 3.63) is 34.7 Å². The number of nitrogens with two attached hydrogens (primary N) is 1. The zero-order valence-electron chi connectivity index (χ0n) is 9.03. The van der Waals surface area contributed by atoms with Crippen LogP contribution in [-0.2, 0) is 10.0 Å². The molecule has 2 aromatic rings. The molecule has 2 rings (SSSR count). The van der Waals surface area contributed by atoms with Gasteiger partial charge in [0.25, 0.3) is 10.0 Å². The fourth-order valence-electron chi connectivity index (χ4n) is 1.23. The van der Waals surface area contributed by atoms with E-state index in [0.29, 0.717) is 12.0 Å². The summed E-state index contributed by atoms with van der Waals surface area (Å²) in [7, 11) is -3.70. The van der Waals surface area contributed by atoms with Gasteiger partial charge in [0.05, 0.1) is 4.90 Å². The van der Waals surface area contributed by atoms with Gasteiger partial charge >= 0.3 is 0 Å². The number of thiazole rings is 1. The summed E-state index contributed by atoms with van der Waals surface area (Å²) in [5.74, 6) is 0.124. The van der Waals surface area contributed by atoms with Crippen molar-refractivity contribution in [2.24, 2.45) is 0 Å². The Labute approximate surface area is 108 Å². The molecule has 8 heteroatoms. The topological polar surface area (TPSA) is 102 Å². The van der Waals surface area contributed by atoms with Crippen molar-refractivity contribution in [2.75, 3.05) is 10.5 Å². The maximum Gasteiger partial charge on any atom is 0.263 e. The molecule has 0 spiro atoms. The van der Waals surface area contributed by atoms with Crippen LogP contribution < -0.4 is 10.5 Å². The Hall–Kier alpha value is -1.93. The number of aromatic nitrogens is 1. The highest BCUT2D eigenvalue weighted by Gasteiger charge is 2.15. The zero-order chi connectivity index (χ0) is 13.2.